The Bertz CT molecular complexity index is 863. The van der Waals surface area contributed by atoms with Crippen LogP contribution in [0.1, 0.15) is 12.5 Å². The molecule has 2 aliphatic rings. The first-order valence-corrected chi connectivity index (χ1v) is 8.24. The van der Waals surface area contributed by atoms with Gasteiger partial charge in [0.1, 0.15) is 22.4 Å². The van der Waals surface area contributed by atoms with Gasteiger partial charge in [0.05, 0.1) is 13.7 Å². The van der Waals surface area contributed by atoms with Crippen LogP contribution in [-0.2, 0) is 9.53 Å². The van der Waals surface area contributed by atoms with Gasteiger partial charge < -0.3 is 9.47 Å². The van der Waals surface area contributed by atoms with Gasteiger partial charge in [0.25, 0.3) is 5.91 Å². The summed E-state index contributed by atoms with van der Waals surface area (Å²) in [5, 5.41) is 9.64. The molecule has 0 aliphatic carbocycles. The van der Waals surface area contributed by atoms with Crippen LogP contribution in [0.4, 0.5) is 0 Å². The van der Waals surface area contributed by atoms with Gasteiger partial charge in [-0.1, -0.05) is 12.1 Å². The van der Waals surface area contributed by atoms with Crippen molar-refractivity contribution in [1.82, 2.24) is 4.90 Å². The number of carbonyl (C=O) groups excluding carboxylic acids is 1. The fraction of sp³-hybridized carbons (Fsp3) is 0.176. The number of aliphatic imine (C=N–C) groups is 2. The Hall–Kier alpha value is -3.05. The van der Waals surface area contributed by atoms with Gasteiger partial charge in [-0.25, -0.2) is 14.9 Å². The number of methoxy groups -OCH3 is 1. The summed E-state index contributed by atoms with van der Waals surface area (Å²) in [7, 11) is 1.59. The van der Waals surface area contributed by atoms with Crippen LogP contribution in [-0.4, -0.2) is 36.1 Å². The highest BCUT2D eigenvalue weighted by molar-refractivity contribution is 8.17. The molecule has 0 N–H and O–H groups in total. The molecule has 0 saturated carbocycles. The van der Waals surface area contributed by atoms with Gasteiger partial charge in [-0.2, -0.15) is 5.26 Å². The molecule has 1 amide bonds. The monoisotopic (exact) mass is 354 g/mol. The molecule has 0 saturated heterocycles. The molecule has 0 radical (unpaired) electrons. The lowest BCUT2D eigenvalue weighted by Crippen LogP contribution is -2.25. The highest BCUT2D eigenvalue weighted by atomic mass is 32.2. The third-order valence-corrected chi connectivity index (χ3v) is 4.31. The Morgan fingerprint density at radius 3 is 2.80 bits per heavy atom. The number of carbonyl (C=O) groups is 1. The minimum atomic E-state index is -0.327. The Balaban J connectivity index is 1.87. The maximum atomic E-state index is 12.7. The van der Waals surface area contributed by atoms with Crippen molar-refractivity contribution < 1.29 is 14.3 Å². The lowest BCUT2D eigenvalue weighted by molar-refractivity contribution is -0.121. The summed E-state index contributed by atoms with van der Waals surface area (Å²) in [5.41, 5.74) is 1.11. The van der Waals surface area contributed by atoms with E-state index in [2.05, 4.69) is 9.98 Å². The van der Waals surface area contributed by atoms with Gasteiger partial charge >= 0.3 is 0 Å². The number of hydrogen-bond donors (Lipinski definition) is 0. The van der Waals surface area contributed by atoms with Crippen molar-refractivity contribution in [3.05, 3.63) is 46.3 Å². The van der Waals surface area contributed by atoms with Gasteiger partial charge in [0, 0.05) is 0 Å². The zero-order chi connectivity index (χ0) is 17.8. The molecule has 2 aliphatic heterocycles. The van der Waals surface area contributed by atoms with E-state index in [4.69, 9.17) is 9.47 Å². The average molecular weight is 354 g/mol. The quantitative estimate of drug-likeness (QED) is 0.461. The average Bonchev–Trinajstić information content (AvgIpc) is 3.13. The van der Waals surface area contributed by atoms with Crippen molar-refractivity contribution in [2.24, 2.45) is 9.98 Å². The van der Waals surface area contributed by atoms with Crippen LogP contribution < -0.4 is 4.74 Å². The molecule has 1 aromatic rings. The summed E-state index contributed by atoms with van der Waals surface area (Å²) in [5.74, 6) is 0.645. The summed E-state index contributed by atoms with van der Waals surface area (Å²) in [4.78, 5) is 22.7. The molecule has 2 heterocycles. The summed E-state index contributed by atoms with van der Waals surface area (Å²) < 4.78 is 10.2. The standard InChI is InChI=1S/C17H14N4O3S/c1-3-24-10-19-15-14(9-18)25-17-20-13(16(22)21(15)17)8-11-4-6-12(23-2)7-5-11/h4-8,10H,3H2,1-2H3. The topological polar surface area (TPSA) is 87.3 Å². The van der Waals surface area contributed by atoms with Crippen LogP contribution in [0.15, 0.2) is 50.7 Å². The van der Waals surface area contributed by atoms with Gasteiger partial charge in [-0.3, -0.25) is 4.79 Å². The van der Waals surface area contributed by atoms with Crippen molar-refractivity contribution in [2.45, 2.75) is 6.92 Å². The molecule has 0 bridgehead atoms. The third kappa shape index (κ3) is 3.27. The zero-order valence-corrected chi connectivity index (χ0v) is 14.4. The molecular formula is C17H14N4O3S. The number of amidine groups is 1. The largest absolute Gasteiger partial charge is 0.497 e. The minimum Gasteiger partial charge on any atom is -0.497 e. The number of allylic oxidation sites excluding steroid dienone is 1. The van der Waals surface area contributed by atoms with Gasteiger partial charge in [-0.05, 0) is 42.5 Å². The number of thioether (sulfide) groups is 1. The maximum Gasteiger partial charge on any atom is 0.284 e. The molecule has 0 aromatic heterocycles. The van der Waals surface area contributed by atoms with Crippen LogP contribution in [0.25, 0.3) is 6.08 Å². The predicted octanol–water partition coefficient (Wildman–Crippen LogP) is 2.74. The van der Waals surface area contributed by atoms with Crippen molar-refractivity contribution >= 4 is 35.3 Å². The summed E-state index contributed by atoms with van der Waals surface area (Å²) in [6.07, 6.45) is 2.91. The number of hydrogen-bond acceptors (Lipinski definition) is 7. The second kappa shape index (κ2) is 7.23. The normalized spacial score (nSPS) is 18.0. The van der Waals surface area contributed by atoms with E-state index < -0.39 is 0 Å². The fourth-order valence-electron chi connectivity index (χ4n) is 2.20. The van der Waals surface area contributed by atoms with Crippen molar-refractivity contribution in [1.29, 1.82) is 5.26 Å². The number of fused-ring (bicyclic) bond motifs is 1. The Morgan fingerprint density at radius 1 is 1.40 bits per heavy atom. The van der Waals surface area contributed by atoms with Gasteiger partial charge in [0.2, 0.25) is 0 Å². The van der Waals surface area contributed by atoms with Gasteiger partial charge in [-0.15, -0.1) is 0 Å². The van der Waals surface area contributed by atoms with E-state index >= 15 is 0 Å². The molecule has 25 heavy (non-hydrogen) atoms. The van der Waals surface area contributed by atoms with Crippen LogP contribution in [0.5, 0.6) is 5.75 Å². The molecule has 126 valence electrons. The van der Waals surface area contributed by atoms with E-state index in [1.165, 1.54) is 11.3 Å². The van der Waals surface area contributed by atoms with E-state index in [0.717, 1.165) is 23.1 Å². The lowest BCUT2D eigenvalue weighted by Gasteiger charge is -2.09. The smallest absolute Gasteiger partial charge is 0.284 e. The van der Waals surface area contributed by atoms with Crippen LogP contribution >= 0.6 is 11.8 Å². The van der Waals surface area contributed by atoms with E-state index in [0.29, 0.717) is 16.7 Å². The van der Waals surface area contributed by atoms with Crippen molar-refractivity contribution in [3.63, 3.8) is 0 Å². The van der Waals surface area contributed by atoms with E-state index in [-0.39, 0.29) is 17.4 Å². The molecule has 1 aromatic carbocycles. The molecule has 8 heteroatoms. The highest BCUT2D eigenvalue weighted by Crippen LogP contribution is 2.39. The van der Waals surface area contributed by atoms with Crippen LogP contribution in [0.3, 0.4) is 0 Å². The number of ether oxygens (including phenoxy) is 2. The van der Waals surface area contributed by atoms with E-state index in [1.807, 2.05) is 25.1 Å². The Morgan fingerprint density at radius 2 is 2.16 bits per heavy atom. The first-order valence-electron chi connectivity index (χ1n) is 7.43. The minimum absolute atomic E-state index is 0.239. The van der Waals surface area contributed by atoms with Crippen molar-refractivity contribution in [3.8, 4) is 11.8 Å². The SMILES string of the molecule is CCOC=NC1=C(C#N)SC2=NC(=Cc3ccc(OC)cc3)C(=O)N21. The number of nitrogens with zero attached hydrogens (tertiary/aromatic N) is 4. The van der Waals surface area contributed by atoms with Crippen LogP contribution in [0.2, 0.25) is 0 Å². The first kappa shape index (κ1) is 16.8. The number of benzene rings is 1. The molecule has 0 fully saturated rings. The second-order valence-corrected chi connectivity index (χ2v) is 5.87. The predicted molar refractivity (Wildman–Crippen MR) is 95.6 cm³/mol. The molecular weight excluding hydrogens is 340 g/mol. The van der Waals surface area contributed by atoms with E-state index in [1.54, 1.807) is 25.3 Å². The lowest BCUT2D eigenvalue weighted by atomic mass is 10.2. The van der Waals surface area contributed by atoms with E-state index in [9.17, 15) is 10.1 Å². The molecule has 7 nitrogen and oxygen atoms in total. The van der Waals surface area contributed by atoms with Crippen LogP contribution in [0, 0.1) is 11.3 Å². The second-order valence-electron chi connectivity index (χ2n) is 4.89. The Labute approximate surface area is 149 Å². The van der Waals surface area contributed by atoms with Gasteiger partial charge in [0.15, 0.2) is 17.4 Å². The zero-order valence-electron chi connectivity index (χ0n) is 13.6. The molecule has 0 atom stereocenters. The summed E-state index contributed by atoms with van der Waals surface area (Å²) >= 11 is 1.11. The number of amides is 1. The Kier molecular flexibility index (Phi) is 4.86. The first-order chi connectivity index (χ1) is 12.2. The molecule has 0 unspecified atom stereocenters. The maximum absolute atomic E-state index is 12.7. The molecule has 0 spiro atoms. The third-order valence-electron chi connectivity index (χ3n) is 3.37. The number of nitriles is 1. The summed E-state index contributed by atoms with van der Waals surface area (Å²) in [6.45, 7) is 2.27. The summed E-state index contributed by atoms with van der Waals surface area (Å²) in [6, 6.07) is 9.31. The molecule has 3 rings (SSSR count). The fourth-order valence-corrected chi connectivity index (χ4v) is 3.07. The highest BCUT2D eigenvalue weighted by Gasteiger charge is 2.41. The van der Waals surface area contributed by atoms with Crippen molar-refractivity contribution in [2.75, 3.05) is 13.7 Å². The number of rotatable bonds is 5.